The van der Waals surface area contributed by atoms with E-state index in [1.165, 1.54) is 4.90 Å². The van der Waals surface area contributed by atoms with Crippen LogP contribution < -0.4 is 5.32 Å². The van der Waals surface area contributed by atoms with E-state index in [0.29, 0.717) is 22.0 Å². The molecule has 0 aliphatic heterocycles. The molecule has 0 saturated heterocycles. The molecule has 2 aromatic carbocycles. The van der Waals surface area contributed by atoms with Crippen molar-refractivity contribution in [2.45, 2.75) is 0 Å². The summed E-state index contributed by atoms with van der Waals surface area (Å²) in [7, 11) is 5.17. The number of carbonyl (C=O) groups is 2. The first-order valence-electron chi connectivity index (χ1n) is 7.76. The average molecular weight is 356 g/mol. The Morgan fingerprint density at radius 2 is 1.80 bits per heavy atom. The molecule has 3 aromatic rings. The van der Waals surface area contributed by atoms with Crippen molar-refractivity contribution in [1.29, 1.82) is 0 Å². The molecule has 0 radical (unpaired) electrons. The Hall–Kier alpha value is -2.79. The number of anilines is 1. The highest BCUT2D eigenvalue weighted by Crippen LogP contribution is 2.30. The maximum absolute atomic E-state index is 12.7. The number of nitrogens with zero attached hydrogens (tertiary/aromatic N) is 2. The van der Waals surface area contributed by atoms with Gasteiger partial charge in [-0.2, -0.15) is 0 Å². The predicted octanol–water partition coefficient (Wildman–Crippen LogP) is 3.79. The lowest BCUT2D eigenvalue weighted by molar-refractivity contribution is 0.0827. The average Bonchev–Trinajstić information content (AvgIpc) is 2.86. The van der Waals surface area contributed by atoms with Gasteiger partial charge in [0, 0.05) is 43.3 Å². The zero-order valence-corrected chi connectivity index (χ0v) is 15.0. The van der Waals surface area contributed by atoms with Crippen LogP contribution in [-0.4, -0.2) is 35.4 Å². The number of benzene rings is 2. The van der Waals surface area contributed by atoms with Gasteiger partial charge in [0.1, 0.15) is 5.69 Å². The lowest BCUT2D eigenvalue weighted by Gasteiger charge is -2.12. The fraction of sp³-hybridized carbons (Fsp3) is 0.158. The van der Waals surface area contributed by atoms with Crippen LogP contribution in [-0.2, 0) is 7.05 Å². The summed E-state index contributed by atoms with van der Waals surface area (Å²) in [6.07, 6.45) is 0. The van der Waals surface area contributed by atoms with Crippen molar-refractivity contribution in [3.8, 4) is 0 Å². The van der Waals surface area contributed by atoms with Crippen molar-refractivity contribution < 1.29 is 9.59 Å². The second-order valence-corrected chi connectivity index (χ2v) is 6.35. The van der Waals surface area contributed by atoms with Crippen LogP contribution in [0, 0.1) is 0 Å². The molecule has 1 aromatic heterocycles. The molecule has 6 heteroatoms. The van der Waals surface area contributed by atoms with E-state index in [0.717, 1.165) is 10.9 Å². The van der Waals surface area contributed by atoms with Crippen LogP contribution in [0.15, 0.2) is 48.5 Å². The Morgan fingerprint density at radius 1 is 1.08 bits per heavy atom. The second-order valence-electron chi connectivity index (χ2n) is 5.97. The molecule has 0 spiro atoms. The summed E-state index contributed by atoms with van der Waals surface area (Å²) < 4.78 is 1.77. The molecular formula is C19H18ClN3O2. The Labute approximate surface area is 150 Å². The van der Waals surface area contributed by atoms with E-state index in [1.807, 2.05) is 24.3 Å². The number of fused-ring (bicyclic) bond motifs is 1. The van der Waals surface area contributed by atoms with Gasteiger partial charge < -0.3 is 14.8 Å². The first-order valence-corrected chi connectivity index (χ1v) is 8.14. The van der Waals surface area contributed by atoms with E-state index in [-0.39, 0.29) is 11.8 Å². The summed E-state index contributed by atoms with van der Waals surface area (Å²) in [4.78, 5) is 26.3. The molecule has 2 amide bonds. The maximum Gasteiger partial charge on any atom is 0.273 e. The van der Waals surface area contributed by atoms with Crippen molar-refractivity contribution in [2.24, 2.45) is 7.05 Å². The molecule has 0 aliphatic carbocycles. The molecule has 5 nitrogen and oxygen atoms in total. The number of rotatable bonds is 3. The Morgan fingerprint density at radius 3 is 2.48 bits per heavy atom. The van der Waals surface area contributed by atoms with E-state index in [9.17, 15) is 9.59 Å². The van der Waals surface area contributed by atoms with Gasteiger partial charge in [0.2, 0.25) is 0 Å². The van der Waals surface area contributed by atoms with Gasteiger partial charge in [-0.25, -0.2) is 0 Å². The molecule has 128 valence electrons. The molecule has 0 saturated carbocycles. The van der Waals surface area contributed by atoms with Crippen molar-refractivity contribution in [3.05, 3.63) is 64.8 Å². The molecule has 25 heavy (non-hydrogen) atoms. The first-order chi connectivity index (χ1) is 11.9. The largest absolute Gasteiger partial charge is 0.345 e. The van der Waals surface area contributed by atoms with Crippen LogP contribution in [0.25, 0.3) is 10.9 Å². The first kappa shape index (κ1) is 17.0. The molecule has 0 aliphatic rings. The number of para-hydroxylation sites is 1. The van der Waals surface area contributed by atoms with Crippen LogP contribution >= 0.6 is 11.6 Å². The third-order valence-corrected chi connectivity index (χ3v) is 4.42. The Balaban J connectivity index is 1.94. The second kappa shape index (κ2) is 6.61. The molecular weight excluding hydrogens is 338 g/mol. The third kappa shape index (κ3) is 3.10. The Kier molecular flexibility index (Phi) is 4.51. The van der Waals surface area contributed by atoms with Crippen LogP contribution in [0.4, 0.5) is 5.69 Å². The summed E-state index contributed by atoms with van der Waals surface area (Å²) in [5.74, 6) is -0.447. The summed E-state index contributed by atoms with van der Waals surface area (Å²) >= 11 is 6.40. The smallest absolute Gasteiger partial charge is 0.273 e. The van der Waals surface area contributed by atoms with Crippen molar-refractivity contribution in [3.63, 3.8) is 0 Å². The number of nitrogens with one attached hydrogen (secondary N) is 1. The summed E-state index contributed by atoms with van der Waals surface area (Å²) in [5.41, 5.74) is 2.31. The highest BCUT2D eigenvalue weighted by molar-refractivity contribution is 6.39. The fourth-order valence-corrected chi connectivity index (χ4v) is 3.15. The summed E-state index contributed by atoms with van der Waals surface area (Å²) in [6.45, 7) is 0. The molecule has 1 heterocycles. The monoisotopic (exact) mass is 355 g/mol. The van der Waals surface area contributed by atoms with E-state index >= 15 is 0 Å². The molecule has 0 bridgehead atoms. The number of hydrogen-bond acceptors (Lipinski definition) is 2. The number of amides is 2. The van der Waals surface area contributed by atoms with Gasteiger partial charge >= 0.3 is 0 Å². The normalized spacial score (nSPS) is 10.7. The zero-order valence-electron chi connectivity index (χ0n) is 14.2. The molecule has 1 N–H and O–H groups in total. The number of halogens is 1. The van der Waals surface area contributed by atoms with Crippen LogP contribution in [0.3, 0.4) is 0 Å². The van der Waals surface area contributed by atoms with E-state index in [4.69, 9.17) is 11.6 Å². The van der Waals surface area contributed by atoms with E-state index in [1.54, 1.807) is 50.0 Å². The van der Waals surface area contributed by atoms with Gasteiger partial charge in [0.05, 0.1) is 5.02 Å². The van der Waals surface area contributed by atoms with Gasteiger partial charge in [0.25, 0.3) is 11.8 Å². The van der Waals surface area contributed by atoms with Crippen LogP contribution in [0.1, 0.15) is 20.8 Å². The van der Waals surface area contributed by atoms with Gasteiger partial charge in [-0.3, -0.25) is 9.59 Å². The van der Waals surface area contributed by atoms with Gasteiger partial charge in [0.15, 0.2) is 0 Å². The van der Waals surface area contributed by atoms with Gasteiger partial charge in [-0.1, -0.05) is 35.9 Å². The number of carbonyl (C=O) groups excluding carboxylic acids is 2. The fourth-order valence-electron chi connectivity index (χ4n) is 2.78. The van der Waals surface area contributed by atoms with E-state index in [2.05, 4.69) is 5.32 Å². The topological polar surface area (TPSA) is 54.3 Å². The highest BCUT2D eigenvalue weighted by Gasteiger charge is 2.20. The minimum Gasteiger partial charge on any atom is -0.345 e. The molecule has 3 rings (SSSR count). The number of aryl methyl sites for hydroxylation is 1. The minimum absolute atomic E-state index is 0.126. The highest BCUT2D eigenvalue weighted by atomic mass is 35.5. The lowest BCUT2D eigenvalue weighted by atomic mass is 10.1. The van der Waals surface area contributed by atoms with Crippen molar-refractivity contribution in [1.82, 2.24) is 9.47 Å². The predicted molar refractivity (Wildman–Crippen MR) is 100 cm³/mol. The summed E-state index contributed by atoms with van der Waals surface area (Å²) in [5, 5.41) is 4.06. The van der Waals surface area contributed by atoms with Gasteiger partial charge in [-0.15, -0.1) is 0 Å². The zero-order chi connectivity index (χ0) is 18.1. The molecule has 0 unspecified atom stereocenters. The SMILES string of the molecule is CN(C)C(=O)c1cccc(NC(=O)c2c(Cl)c3ccccc3n2C)c1. The quantitative estimate of drug-likeness (QED) is 0.777. The Bertz CT molecular complexity index is 937. The third-order valence-electron chi connectivity index (χ3n) is 4.03. The van der Waals surface area contributed by atoms with Gasteiger partial charge in [-0.05, 0) is 24.3 Å². The molecule has 0 atom stereocenters. The van der Waals surface area contributed by atoms with Crippen LogP contribution in [0.2, 0.25) is 5.02 Å². The van der Waals surface area contributed by atoms with E-state index < -0.39 is 0 Å². The van der Waals surface area contributed by atoms with Crippen molar-refractivity contribution >= 4 is 40.0 Å². The van der Waals surface area contributed by atoms with Crippen molar-refractivity contribution in [2.75, 3.05) is 19.4 Å². The standard InChI is InChI=1S/C19H18ClN3O2/c1-22(2)19(25)12-7-6-8-13(11-12)21-18(24)17-16(20)14-9-4-5-10-15(14)23(17)3/h4-11H,1-3H3,(H,21,24). The lowest BCUT2D eigenvalue weighted by Crippen LogP contribution is -2.22. The van der Waals surface area contributed by atoms with Crippen LogP contribution in [0.5, 0.6) is 0 Å². The molecule has 0 fully saturated rings. The minimum atomic E-state index is -0.321. The maximum atomic E-state index is 12.7. The summed E-state index contributed by atoms with van der Waals surface area (Å²) in [6, 6.07) is 14.4. The number of hydrogen-bond donors (Lipinski definition) is 1. The number of aromatic nitrogens is 1.